The van der Waals surface area contributed by atoms with Gasteiger partial charge in [0.15, 0.2) is 0 Å². The summed E-state index contributed by atoms with van der Waals surface area (Å²) >= 11 is 0.149. The van der Waals surface area contributed by atoms with Crippen LogP contribution in [-0.2, 0) is 0 Å². The minimum Gasteiger partial charge on any atom is -0.478 e. The maximum atomic E-state index is 12.3. The van der Waals surface area contributed by atoms with Crippen LogP contribution in [0, 0.1) is 23.3 Å². The van der Waals surface area contributed by atoms with Crippen molar-refractivity contribution in [2.45, 2.75) is 48.4 Å². The maximum Gasteiger partial charge on any atom is 0.335 e. The third kappa shape index (κ3) is 14.5. The van der Waals surface area contributed by atoms with Gasteiger partial charge in [-0.15, -0.1) is 0 Å². The van der Waals surface area contributed by atoms with Gasteiger partial charge in [-0.25, -0.2) is 27.2 Å². The Balaban J connectivity index is 0.000000439. The first-order valence-electron chi connectivity index (χ1n) is 9.70. The van der Waals surface area contributed by atoms with Crippen molar-refractivity contribution in [2.75, 3.05) is 0 Å². The predicted molar refractivity (Wildman–Crippen MR) is 112 cm³/mol. The topological polar surface area (TPSA) is 74.6 Å². The molecular formula is C22H26F4O4Sn. The summed E-state index contributed by atoms with van der Waals surface area (Å²) in [7, 11) is 0. The van der Waals surface area contributed by atoms with Crippen LogP contribution in [0.15, 0.2) is 36.4 Å². The zero-order valence-corrected chi connectivity index (χ0v) is 20.3. The van der Waals surface area contributed by atoms with Crippen LogP contribution in [0.1, 0.15) is 60.2 Å². The first-order chi connectivity index (χ1) is 14.6. The van der Waals surface area contributed by atoms with E-state index in [-0.39, 0.29) is 32.3 Å². The molecule has 0 unspecified atom stereocenters. The molecule has 0 heterocycles. The molecule has 31 heavy (non-hydrogen) atoms. The third-order valence-electron chi connectivity index (χ3n) is 3.63. The number of aromatic carboxylic acids is 2. The fourth-order valence-corrected chi connectivity index (χ4v) is 6.24. The van der Waals surface area contributed by atoms with Crippen molar-refractivity contribution in [3.05, 3.63) is 70.8 Å². The minimum atomic E-state index is -1.34. The predicted octanol–water partition coefficient (Wildman–Crippen LogP) is 6.45. The molecule has 2 aromatic carbocycles. The van der Waals surface area contributed by atoms with E-state index < -0.39 is 35.2 Å². The number of benzene rings is 2. The van der Waals surface area contributed by atoms with Crippen LogP contribution in [0.5, 0.6) is 0 Å². The molecule has 0 saturated heterocycles. The van der Waals surface area contributed by atoms with Gasteiger partial charge in [-0.3, -0.25) is 0 Å². The van der Waals surface area contributed by atoms with E-state index in [1.165, 1.54) is 25.7 Å². The number of hydrogen-bond acceptors (Lipinski definition) is 2. The van der Waals surface area contributed by atoms with E-state index in [0.29, 0.717) is 12.1 Å². The first kappa shape index (κ1) is 28.9. The molecule has 0 aromatic heterocycles. The van der Waals surface area contributed by atoms with Crippen LogP contribution < -0.4 is 0 Å². The molecule has 4 nitrogen and oxygen atoms in total. The zero-order chi connectivity index (χ0) is 23.8. The van der Waals surface area contributed by atoms with E-state index in [9.17, 15) is 27.2 Å². The van der Waals surface area contributed by atoms with Crippen molar-refractivity contribution < 1.29 is 37.4 Å². The number of carboxylic acids is 2. The monoisotopic (exact) mass is 550 g/mol. The van der Waals surface area contributed by atoms with Crippen molar-refractivity contribution in [1.29, 1.82) is 0 Å². The van der Waals surface area contributed by atoms with Crippen LogP contribution in [0.4, 0.5) is 17.6 Å². The number of rotatable bonds is 8. The summed E-state index contributed by atoms with van der Waals surface area (Å²) in [5.41, 5.74) is -0.773. The largest absolute Gasteiger partial charge is 0.478 e. The molecule has 0 atom stereocenters. The summed E-state index contributed by atoms with van der Waals surface area (Å²) in [5.74, 6) is -6.23. The summed E-state index contributed by atoms with van der Waals surface area (Å²) < 4.78 is 52.4. The Bertz CT molecular complexity index is 723. The van der Waals surface area contributed by atoms with Gasteiger partial charge < -0.3 is 10.2 Å². The van der Waals surface area contributed by atoms with Crippen LogP contribution in [0.25, 0.3) is 0 Å². The molecule has 2 radical (unpaired) electrons. The van der Waals surface area contributed by atoms with Gasteiger partial charge in [0.05, 0.1) is 11.1 Å². The Labute approximate surface area is 189 Å². The van der Waals surface area contributed by atoms with Crippen LogP contribution >= 0.6 is 0 Å². The Morgan fingerprint density at radius 1 is 0.677 bits per heavy atom. The molecule has 0 saturated carbocycles. The van der Waals surface area contributed by atoms with Gasteiger partial charge in [0.25, 0.3) is 0 Å². The number of halogens is 4. The zero-order valence-electron chi connectivity index (χ0n) is 17.4. The minimum absolute atomic E-state index is 0.149. The molecular weight excluding hydrogens is 523 g/mol. The van der Waals surface area contributed by atoms with Gasteiger partial charge in [-0.2, -0.15) is 0 Å². The fraction of sp³-hybridized carbons (Fsp3) is 0.364. The number of unbranched alkanes of at least 4 members (excludes halogenated alkanes) is 2. The standard InChI is InChI=1S/2C7H4F2O2.2C4H9.Sn/c2*8-5-1-4(7(10)11)2-6(9)3-5;2*1-3-4-2;/h2*1-3H,(H,10,11);2*1,3-4H2,2H3;. The molecule has 0 amide bonds. The number of carbonyl (C=O) groups is 2. The molecule has 0 fully saturated rings. The molecule has 0 bridgehead atoms. The number of carboxylic acid groups (broad SMARTS) is 2. The molecule has 9 heteroatoms. The van der Waals surface area contributed by atoms with Crippen molar-refractivity contribution in [3.63, 3.8) is 0 Å². The second-order valence-electron chi connectivity index (χ2n) is 6.38. The SMILES string of the molecule is CCC[CH2][Sn][CH2]CCC.O=C(O)c1cc(F)cc(F)c1.O=C(O)c1cc(F)cc(F)c1. The van der Waals surface area contributed by atoms with Crippen molar-refractivity contribution in [2.24, 2.45) is 0 Å². The van der Waals surface area contributed by atoms with Crippen LogP contribution in [0.2, 0.25) is 8.87 Å². The van der Waals surface area contributed by atoms with E-state index >= 15 is 0 Å². The Morgan fingerprint density at radius 2 is 0.968 bits per heavy atom. The average Bonchev–Trinajstić information content (AvgIpc) is 2.67. The quantitative estimate of drug-likeness (QED) is 0.226. The molecule has 2 aromatic rings. The molecule has 0 spiro atoms. The molecule has 0 aliphatic rings. The van der Waals surface area contributed by atoms with Crippen molar-refractivity contribution >= 4 is 33.1 Å². The van der Waals surface area contributed by atoms with E-state index in [1.54, 1.807) is 8.87 Å². The van der Waals surface area contributed by atoms with E-state index in [2.05, 4.69) is 13.8 Å². The van der Waals surface area contributed by atoms with Crippen LogP contribution in [0.3, 0.4) is 0 Å². The second-order valence-corrected chi connectivity index (χ2v) is 10.7. The summed E-state index contributed by atoms with van der Waals surface area (Å²) in [6, 6.07) is 4.26. The molecule has 170 valence electrons. The summed E-state index contributed by atoms with van der Waals surface area (Å²) in [5, 5.41) is 16.6. The van der Waals surface area contributed by atoms with Gasteiger partial charge >= 0.3 is 81.5 Å². The van der Waals surface area contributed by atoms with Crippen molar-refractivity contribution in [3.8, 4) is 0 Å². The first-order valence-corrected chi connectivity index (χ1v) is 13.7. The second kappa shape index (κ2) is 16.6. The smallest absolute Gasteiger partial charge is 0.335 e. The molecule has 0 aliphatic heterocycles. The van der Waals surface area contributed by atoms with E-state index in [1.807, 2.05) is 0 Å². The average molecular weight is 549 g/mol. The molecule has 2 rings (SSSR count). The summed E-state index contributed by atoms with van der Waals surface area (Å²) in [4.78, 5) is 20.3. The molecule has 0 aliphatic carbocycles. The van der Waals surface area contributed by atoms with Gasteiger partial charge in [0.2, 0.25) is 0 Å². The van der Waals surface area contributed by atoms with E-state index in [4.69, 9.17) is 10.2 Å². The van der Waals surface area contributed by atoms with E-state index in [0.717, 1.165) is 24.3 Å². The van der Waals surface area contributed by atoms with Crippen LogP contribution in [-0.4, -0.2) is 43.3 Å². The summed E-state index contributed by atoms with van der Waals surface area (Å²) in [6.07, 6.45) is 5.84. The Kier molecular flexibility index (Phi) is 15.5. The molecule has 2 N–H and O–H groups in total. The number of hydrogen-bond donors (Lipinski definition) is 2. The van der Waals surface area contributed by atoms with Gasteiger partial charge in [-0.1, -0.05) is 0 Å². The Morgan fingerprint density at radius 3 is 1.19 bits per heavy atom. The van der Waals surface area contributed by atoms with Crippen molar-refractivity contribution in [1.82, 2.24) is 0 Å². The van der Waals surface area contributed by atoms with Gasteiger partial charge in [0.1, 0.15) is 23.3 Å². The Hall–Kier alpha value is -2.10. The fourth-order valence-electron chi connectivity index (χ4n) is 2.08. The summed E-state index contributed by atoms with van der Waals surface area (Å²) in [6.45, 7) is 4.58. The van der Waals surface area contributed by atoms with Gasteiger partial charge in [0, 0.05) is 12.1 Å². The normalized spacial score (nSPS) is 9.74. The maximum absolute atomic E-state index is 12.3. The third-order valence-corrected chi connectivity index (χ3v) is 7.67. The van der Waals surface area contributed by atoms with Gasteiger partial charge in [-0.05, 0) is 24.3 Å².